The molecule has 0 fully saturated rings. The van der Waals surface area contributed by atoms with Crippen molar-refractivity contribution in [3.8, 4) is 0 Å². The largest absolute Gasteiger partial charge is 0.451 e. The molecule has 0 spiro atoms. The third-order valence-electron chi connectivity index (χ3n) is 3.98. The van der Waals surface area contributed by atoms with Gasteiger partial charge >= 0.3 is 5.97 Å². The number of benzene rings is 1. The Morgan fingerprint density at radius 3 is 2.70 bits per heavy atom. The molecule has 1 atom stereocenters. The van der Waals surface area contributed by atoms with Crippen LogP contribution in [0, 0.1) is 0 Å². The van der Waals surface area contributed by atoms with Gasteiger partial charge in [-0.3, -0.25) is 9.78 Å². The fourth-order valence-electron chi connectivity index (χ4n) is 2.77. The van der Waals surface area contributed by atoms with Crippen LogP contribution in [-0.4, -0.2) is 22.8 Å². The molecule has 0 aliphatic heterocycles. The smallest absolute Gasteiger partial charge is 0.340 e. The Morgan fingerprint density at radius 2 is 1.91 bits per heavy atom. The van der Waals surface area contributed by atoms with Crippen LogP contribution in [0.3, 0.4) is 0 Å². The highest BCUT2D eigenvalue weighted by Gasteiger charge is 2.22. The Hall–Kier alpha value is -2.01. The van der Waals surface area contributed by atoms with Crippen LogP contribution in [0.1, 0.15) is 45.2 Å². The molecule has 1 aromatic carbocycles. The van der Waals surface area contributed by atoms with Gasteiger partial charge in [-0.15, -0.1) is 0 Å². The number of pyridine rings is 1. The standard InChI is InChI=1S/C18H16BrNO3/c1-11(23-18(22)15-8-16(19)10-20-9-15)17(21)14-6-5-12-3-2-4-13(12)7-14/h5-11H,2-4H2,1H3/t11-/m1/s1. The van der Waals surface area contributed by atoms with E-state index in [1.807, 2.05) is 18.2 Å². The van der Waals surface area contributed by atoms with Crippen molar-refractivity contribution >= 4 is 27.7 Å². The summed E-state index contributed by atoms with van der Waals surface area (Å²) in [5, 5.41) is 0. The monoisotopic (exact) mass is 373 g/mol. The van der Waals surface area contributed by atoms with Crippen LogP contribution in [0.2, 0.25) is 0 Å². The molecule has 0 saturated carbocycles. The number of aromatic nitrogens is 1. The summed E-state index contributed by atoms with van der Waals surface area (Å²) in [6.45, 7) is 1.60. The highest BCUT2D eigenvalue weighted by Crippen LogP contribution is 2.23. The number of esters is 1. The number of hydrogen-bond acceptors (Lipinski definition) is 4. The van der Waals surface area contributed by atoms with Gasteiger partial charge in [0.15, 0.2) is 6.10 Å². The van der Waals surface area contributed by atoms with Gasteiger partial charge in [0, 0.05) is 22.4 Å². The van der Waals surface area contributed by atoms with Gasteiger partial charge in [0.1, 0.15) is 0 Å². The SMILES string of the molecule is C[C@@H](OC(=O)c1cncc(Br)c1)C(=O)c1ccc2c(c1)CCC2. The summed E-state index contributed by atoms with van der Waals surface area (Å²) in [5.74, 6) is -0.739. The summed E-state index contributed by atoms with van der Waals surface area (Å²) in [7, 11) is 0. The van der Waals surface area contributed by atoms with E-state index < -0.39 is 12.1 Å². The Balaban J connectivity index is 1.71. The summed E-state index contributed by atoms with van der Waals surface area (Å²) in [4.78, 5) is 28.5. The Kier molecular flexibility index (Phi) is 4.57. The van der Waals surface area contributed by atoms with Gasteiger partial charge in [-0.1, -0.05) is 12.1 Å². The van der Waals surface area contributed by atoms with Crippen molar-refractivity contribution in [2.75, 3.05) is 0 Å². The summed E-state index contributed by atoms with van der Waals surface area (Å²) in [6.07, 6.45) is 5.38. The number of Topliss-reactive ketones (excluding diaryl/α,β-unsaturated/α-hetero) is 1. The van der Waals surface area contributed by atoms with E-state index in [0.717, 1.165) is 19.3 Å². The van der Waals surface area contributed by atoms with Crippen LogP contribution in [0.4, 0.5) is 0 Å². The zero-order valence-corrected chi connectivity index (χ0v) is 14.3. The number of aryl methyl sites for hydroxylation is 2. The molecule has 0 radical (unpaired) electrons. The second-order valence-electron chi connectivity index (χ2n) is 5.64. The predicted octanol–water partition coefficient (Wildman–Crippen LogP) is 3.76. The van der Waals surface area contributed by atoms with Crippen molar-refractivity contribution in [1.82, 2.24) is 4.98 Å². The van der Waals surface area contributed by atoms with E-state index in [-0.39, 0.29) is 5.78 Å². The van der Waals surface area contributed by atoms with Gasteiger partial charge in [0.05, 0.1) is 5.56 Å². The van der Waals surface area contributed by atoms with Crippen molar-refractivity contribution in [3.63, 3.8) is 0 Å². The molecule has 0 bridgehead atoms. The molecule has 0 amide bonds. The Morgan fingerprint density at radius 1 is 1.13 bits per heavy atom. The highest BCUT2D eigenvalue weighted by atomic mass is 79.9. The average molecular weight is 374 g/mol. The molecule has 0 N–H and O–H groups in total. The van der Waals surface area contributed by atoms with Crippen LogP contribution in [0.25, 0.3) is 0 Å². The number of halogens is 1. The quantitative estimate of drug-likeness (QED) is 0.604. The van der Waals surface area contributed by atoms with Gasteiger partial charge in [0.25, 0.3) is 0 Å². The molecular formula is C18H16BrNO3. The van der Waals surface area contributed by atoms with Crippen molar-refractivity contribution < 1.29 is 14.3 Å². The molecule has 5 heteroatoms. The predicted molar refractivity (Wildman–Crippen MR) is 89.6 cm³/mol. The molecule has 1 aromatic heterocycles. The van der Waals surface area contributed by atoms with Gasteiger partial charge < -0.3 is 4.74 Å². The molecule has 4 nitrogen and oxygen atoms in total. The number of hydrogen-bond donors (Lipinski definition) is 0. The van der Waals surface area contributed by atoms with Gasteiger partial charge in [0.2, 0.25) is 5.78 Å². The average Bonchev–Trinajstić information content (AvgIpc) is 3.01. The number of fused-ring (bicyclic) bond motifs is 1. The summed E-state index contributed by atoms with van der Waals surface area (Å²) in [5.41, 5.74) is 3.45. The molecule has 0 saturated heterocycles. The molecule has 2 aromatic rings. The van der Waals surface area contributed by atoms with E-state index in [1.54, 1.807) is 19.2 Å². The first-order chi connectivity index (χ1) is 11.0. The van der Waals surface area contributed by atoms with E-state index in [0.29, 0.717) is 15.6 Å². The van der Waals surface area contributed by atoms with Crippen LogP contribution < -0.4 is 0 Å². The van der Waals surface area contributed by atoms with Crippen LogP contribution >= 0.6 is 15.9 Å². The maximum atomic E-state index is 12.5. The fraction of sp³-hybridized carbons (Fsp3) is 0.278. The summed E-state index contributed by atoms with van der Waals surface area (Å²) >= 11 is 3.25. The lowest BCUT2D eigenvalue weighted by Crippen LogP contribution is -2.24. The van der Waals surface area contributed by atoms with Crippen molar-refractivity contribution in [1.29, 1.82) is 0 Å². The second kappa shape index (κ2) is 6.62. The van der Waals surface area contributed by atoms with E-state index >= 15 is 0 Å². The first kappa shape index (κ1) is 15.9. The Labute approximate surface area is 143 Å². The molecule has 23 heavy (non-hydrogen) atoms. The van der Waals surface area contributed by atoms with Gasteiger partial charge in [-0.2, -0.15) is 0 Å². The van der Waals surface area contributed by atoms with Crippen LogP contribution in [0.5, 0.6) is 0 Å². The van der Waals surface area contributed by atoms with E-state index in [4.69, 9.17) is 4.74 Å². The van der Waals surface area contributed by atoms with E-state index in [1.165, 1.54) is 17.3 Å². The number of ether oxygens (including phenoxy) is 1. The topological polar surface area (TPSA) is 56.3 Å². The van der Waals surface area contributed by atoms with Crippen LogP contribution in [-0.2, 0) is 17.6 Å². The minimum absolute atomic E-state index is 0.184. The molecule has 0 unspecified atom stereocenters. The molecule has 1 aliphatic rings. The minimum Gasteiger partial charge on any atom is -0.451 e. The second-order valence-corrected chi connectivity index (χ2v) is 6.56. The van der Waals surface area contributed by atoms with Crippen molar-refractivity contribution in [2.24, 2.45) is 0 Å². The normalized spacial score (nSPS) is 14.2. The van der Waals surface area contributed by atoms with E-state index in [9.17, 15) is 9.59 Å². The van der Waals surface area contributed by atoms with E-state index in [2.05, 4.69) is 20.9 Å². The molecule has 1 heterocycles. The van der Waals surface area contributed by atoms with Crippen molar-refractivity contribution in [3.05, 3.63) is 63.4 Å². The fourth-order valence-corrected chi connectivity index (χ4v) is 3.13. The lowest BCUT2D eigenvalue weighted by Gasteiger charge is -2.13. The van der Waals surface area contributed by atoms with Crippen LogP contribution in [0.15, 0.2) is 41.1 Å². The van der Waals surface area contributed by atoms with Gasteiger partial charge in [-0.25, -0.2) is 4.79 Å². The summed E-state index contributed by atoms with van der Waals surface area (Å²) in [6, 6.07) is 7.36. The molecule has 118 valence electrons. The first-order valence-electron chi connectivity index (χ1n) is 7.52. The number of carbonyl (C=O) groups excluding carboxylic acids is 2. The number of carbonyl (C=O) groups is 2. The lowest BCUT2D eigenvalue weighted by atomic mass is 10.0. The molecule has 1 aliphatic carbocycles. The molecule has 3 rings (SSSR count). The third kappa shape index (κ3) is 3.50. The number of nitrogens with zero attached hydrogens (tertiary/aromatic N) is 1. The zero-order chi connectivity index (χ0) is 16.4. The maximum Gasteiger partial charge on any atom is 0.340 e. The summed E-state index contributed by atoms with van der Waals surface area (Å²) < 4.78 is 5.96. The lowest BCUT2D eigenvalue weighted by molar-refractivity contribution is 0.0318. The first-order valence-corrected chi connectivity index (χ1v) is 8.31. The zero-order valence-electron chi connectivity index (χ0n) is 12.7. The minimum atomic E-state index is -0.832. The molecular weight excluding hydrogens is 358 g/mol. The highest BCUT2D eigenvalue weighted by molar-refractivity contribution is 9.10. The Bertz CT molecular complexity index is 773. The number of ketones is 1. The maximum absolute atomic E-state index is 12.5. The van der Waals surface area contributed by atoms with Crippen molar-refractivity contribution in [2.45, 2.75) is 32.3 Å². The number of rotatable bonds is 4. The van der Waals surface area contributed by atoms with Gasteiger partial charge in [-0.05, 0) is 65.4 Å². The third-order valence-corrected chi connectivity index (χ3v) is 4.41.